The van der Waals surface area contributed by atoms with Crippen molar-refractivity contribution in [1.82, 2.24) is 0 Å². The first-order valence-electron chi connectivity index (χ1n) is 3.45. The van der Waals surface area contributed by atoms with Gasteiger partial charge in [-0.3, -0.25) is 0 Å². The Morgan fingerprint density at radius 1 is 1.27 bits per heavy atom. The number of hydrogen-bond acceptors (Lipinski definition) is 3. The fourth-order valence-corrected chi connectivity index (χ4v) is 2.29. The Labute approximate surface area is 91.8 Å². The summed E-state index contributed by atoms with van der Waals surface area (Å²) in [6.07, 6.45) is -4.68. The summed E-state index contributed by atoms with van der Waals surface area (Å²) < 4.78 is 68.1. The van der Waals surface area contributed by atoms with E-state index in [1.54, 1.807) is 0 Å². The standard InChI is InChI=1S/C7H4BrF3O3S/c8-5-2-1-4(7(9,10)11)3-6(5)15(12,13)14/h1-3H,(H,12,13,14)/p-1. The minimum absolute atomic E-state index is 0.189. The van der Waals surface area contributed by atoms with Crippen LogP contribution in [0.4, 0.5) is 13.2 Å². The molecule has 0 amide bonds. The second-order valence-corrected chi connectivity index (χ2v) is 4.80. The van der Waals surface area contributed by atoms with Crippen LogP contribution < -0.4 is 0 Å². The molecular weight excluding hydrogens is 301 g/mol. The molecule has 0 N–H and O–H groups in total. The van der Waals surface area contributed by atoms with Crippen LogP contribution in [0.1, 0.15) is 5.56 Å². The molecule has 0 unspecified atom stereocenters. The maximum Gasteiger partial charge on any atom is 0.416 e. The van der Waals surface area contributed by atoms with E-state index in [-0.39, 0.29) is 4.47 Å². The molecule has 0 bridgehead atoms. The summed E-state index contributed by atoms with van der Waals surface area (Å²) in [5.74, 6) is 0. The van der Waals surface area contributed by atoms with Crippen molar-refractivity contribution in [3.8, 4) is 0 Å². The summed E-state index contributed by atoms with van der Waals surface area (Å²) in [6, 6.07) is 1.85. The lowest BCUT2D eigenvalue weighted by Gasteiger charge is -2.12. The van der Waals surface area contributed by atoms with E-state index < -0.39 is 26.8 Å². The molecular formula is C7H3BrF3O3S-. The van der Waals surface area contributed by atoms with Crippen LogP contribution in [-0.4, -0.2) is 13.0 Å². The topological polar surface area (TPSA) is 57.2 Å². The third-order valence-corrected chi connectivity index (χ3v) is 3.36. The first kappa shape index (κ1) is 12.5. The van der Waals surface area contributed by atoms with Crippen LogP contribution in [0.25, 0.3) is 0 Å². The van der Waals surface area contributed by atoms with Crippen LogP contribution in [-0.2, 0) is 16.3 Å². The summed E-state index contributed by atoms with van der Waals surface area (Å²) in [5, 5.41) is 0. The molecule has 15 heavy (non-hydrogen) atoms. The van der Waals surface area contributed by atoms with Crippen molar-refractivity contribution in [2.24, 2.45) is 0 Å². The van der Waals surface area contributed by atoms with Gasteiger partial charge in [0.25, 0.3) is 0 Å². The zero-order chi connectivity index (χ0) is 11.9. The molecule has 0 saturated heterocycles. The van der Waals surface area contributed by atoms with Crippen molar-refractivity contribution in [1.29, 1.82) is 0 Å². The highest BCUT2D eigenvalue weighted by Gasteiger charge is 2.31. The fraction of sp³-hybridized carbons (Fsp3) is 0.143. The van der Waals surface area contributed by atoms with Gasteiger partial charge in [-0.2, -0.15) is 13.2 Å². The lowest BCUT2D eigenvalue weighted by atomic mass is 10.2. The van der Waals surface area contributed by atoms with Crippen LogP contribution >= 0.6 is 15.9 Å². The number of hydrogen-bond donors (Lipinski definition) is 0. The van der Waals surface area contributed by atoms with Crippen LogP contribution in [0.2, 0.25) is 0 Å². The molecule has 0 aliphatic carbocycles. The number of benzene rings is 1. The van der Waals surface area contributed by atoms with Gasteiger partial charge in [0.1, 0.15) is 10.1 Å². The minimum atomic E-state index is -4.91. The maximum absolute atomic E-state index is 12.2. The molecule has 0 saturated carbocycles. The summed E-state index contributed by atoms with van der Waals surface area (Å²) in [4.78, 5) is -0.919. The Balaban J connectivity index is 3.43. The Kier molecular flexibility index (Phi) is 3.13. The van der Waals surface area contributed by atoms with Gasteiger partial charge in [-0.25, -0.2) is 8.42 Å². The highest BCUT2D eigenvalue weighted by atomic mass is 79.9. The third kappa shape index (κ3) is 2.93. The van der Waals surface area contributed by atoms with E-state index in [9.17, 15) is 26.1 Å². The first-order valence-corrected chi connectivity index (χ1v) is 5.65. The molecule has 0 atom stereocenters. The molecule has 1 aromatic carbocycles. The number of alkyl halides is 3. The fourth-order valence-electron chi connectivity index (χ4n) is 0.871. The second kappa shape index (κ2) is 3.76. The van der Waals surface area contributed by atoms with Crippen LogP contribution in [0.5, 0.6) is 0 Å². The largest absolute Gasteiger partial charge is 0.744 e. The van der Waals surface area contributed by atoms with Crippen molar-refractivity contribution >= 4 is 26.0 Å². The molecule has 1 aromatic rings. The van der Waals surface area contributed by atoms with Gasteiger partial charge < -0.3 is 4.55 Å². The lowest BCUT2D eigenvalue weighted by Crippen LogP contribution is -2.08. The van der Waals surface area contributed by atoms with Crippen LogP contribution in [0.3, 0.4) is 0 Å². The van der Waals surface area contributed by atoms with E-state index in [2.05, 4.69) is 15.9 Å². The highest BCUT2D eigenvalue weighted by Crippen LogP contribution is 2.33. The van der Waals surface area contributed by atoms with E-state index in [1.165, 1.54) is 0 Å². The van der Waals surface area contributed by atoms with Gasteiger partial charge >= 0.3 is 6.18 Å². The van der Waals surface area contributed by atoms with E-state index in [4.69, 9.17) is 0 Å². The predicted octanol–water partition coefficient (Wildman–Crippen LogP) is 2.37. The van der Waals surface area contributed by atoms with Crippen LogP contribution in [0.15, 0.2) is 27.6 Å². The molecule has 84 valence electrons. The van der Waals surface area contributed by atoms with Crippen molar-refractivity contribution in [2.75, 3.05) is 0 Å². The molecule has 0 aliphatic rings. The molecule has 8 heteroatoms. The predicted molar refractivity (Wildman–Crippen MR) is 47.1 cm³/mol. The number of rotatable bonds is 1. The van der Waals surface area contributed by atoms with Gasteiger partial charge in [0.05, 0.1) is 10.5 Å². The Morgan fingerprint density at radius 3 is 2.20 bits per heavy atom. The molecule has 1 rings (SSSR count). The Morgan fingerprint density at radius 2 is 1.80 bits per heavy atom. The van der Waals surface area contributed by atoms with Crippen LogP contribution in [0, 0.1) is 0 Å². The quantitative estimate of drug-likeness (QED) is 0.748. The molecule has 3 nitrogen and oxygen atoms in total. The van der Waals surface area contributed by atoms with Gasteiger partial charge in [0.15, 0.2) is 0 Å². The first-order chi connectivity index (χ1) is 6.62. The maximum atomic E-state index is 12.2. The number of halogens is 4. The molecule has 0 aromatic heterocycles. The SMILES string of the molecule is O=S(=O)([O-])c1cc(C(F)(F)F)ccc1Br. The minimum Gasteiger partial charge on any atom is -0.744 e. The average Bonchev–Trinajstić information content (AvgIpc) is 2.00. The van der Waals surface area contributed by atoms with Crippen molar-refractivity contribution in [2.45, 2.75) is 11.1 Å². The Bertz CT molecular complexity index is 481. The lowest BCUT2D eigenvalue weighted by molar-refractivity contribution is -0.137. The zero-order valence-corrected chi connectivity index (χ0v) is 9.28. The van der Waals surface area contributed by atoms with Crippen molar-refractivity contribution in [3.63, 3.8) is 0 Å². The van der Waals surface area contributed by atoms with E-state index >= 15 is 0 Å². The van der Waals surface area contributed by atoms with E-state index in [0.717, 1.165) is 6.07 Å². The molecule has 0 aliphatic heterocycles. The third-order valence-electron chi connectivity index (χ3n) is 1.53. The van der Waals surface area contributed by atoms with Crippen molar-refractivity contribution < 1.29 is 26.1 Å². The average molecular weight is 304 g/mol. The zero-order valence-electron chi connectivity index (χ0n) is 6.88. The van der Waals surface area contributed by atoms with Gasteiger partial charge in [0.2, 0.25) is 0 Å². The molecule has 0 radical (unpaired) electrons. The molecule has 0 spiro atoms. The second-order valence-electron chi connectivity index (χ2n) is 2.60. The summed E-state index contributed by atoms with van der Waals surface area (Å²) in [6.45, 7) is 0. The Hall–Kier alpha value is -0.600. The summed E-state index contributed by atoms with van der Waals surface area (Å²) >= 11 is 2.69. The molecule has 0 fully saturated rings. The highest BCUT2D eigenvalue weighted by molar-refractivity contribution is 9.10. The van der Waals surface area contributed by atoms with Gasteiger partial charge in [0, 0.05) is 4.47 Å². The smallest absolute Gasteiger partial charge is 0.416 e. The molecule has 0 heterocycles. The van der Waals surface area contributed by atoms with Gasteiger partial charge in [-0.05, 0) is 34.1 Å². The monoisotopic (exact) mass is 303 g/mol. The van der Waals surface area contributed by atoms with Gasteiger partial charge in [-0.15, -0.1) is 0 Å². The summed E-state index contributed by atoms with van der Waals surface area (Å²) in [5.41, 5.74) is -1.18. The van der Waals surface area contributed by atoms with E-state index in [0.29, 0.717) is 12.1 Å². The van der Waals surface area contributed by atoms with Crippen molar-refractivity contribution in [3.05, 3.63) is 28.2 Å². The summed E-state index contributed by atoms with van der Waals surface area (Å²) in [7, 11) is -4.91. The van der Waals surface area contributed by atoms with Gasteiger partial charge in [-0.1, -0.05) is 0 Å². The normalized spacial score (nSPS) is 12.9. The van der Waals surface area contributed by atoms with E-state index in [1.807, 2.05) is 0 Å².